The highest BCUT2D eigenvalue weighted by Crippen LogP contribution is 2.35. The molecule has 1 aromatic heterocycles. The van der Waals surface area contributed by atoms with Gasteiger partial charge in [-0.15, -0.1) is 0 Å². The first-order chi connectivity index (χ1) is 17.1. The Kier molecular flexibility index (Phi) is 8.33. The quantitative estimate of drug-likeness (QED) is 0.245. The molecular weight excluding hydrogens is 428 g/mol. The predicted molar refractivity (Wildman–Crippen MR) is 146 cm³/mol. The average molecular weight is 465 g/mol. The fourth-order valence-electron chi connectivity index (χ4n) is 4.80. The summed E-state index contributed by atoms with van der Waals surface area (Å²) in [5, 5.41) is 0. The van der Waals surface area contributed by atoms with Gasteiger partial charge in [-0.05, 0) is 42.0 Å². The molecule has 0 spiro atoms. The van der Waals surface area contributed by atoms with E-state index < -0.39 is 0 Å². The topological polar surface area (TPSA) is 25.4 Å². The summed E-state index contributed by atoms with van der Waals surface area (Å²) in [7, 11) is 1.76. The Morgan fingerprint density at radius 2 is 1.26 bits per heavy atom. The molecule has 0 atom stereocenters. The maximum Gasteiger partial charge on any atom is 0.125 e. The monoisotopic (exact) mass is 464 g/mol. The Hall–Kier alpha value is -3.43. The molecular formula is C32H36N2O. The summed E-state index contributed by atoms with van der Waals surface area (Å²) in [6.45, 7) is 9.02. The molecule has 0 unspecified atom stereocenters. The number of hydrogen-bond acceptors (Lipinski definition) is 3. The molecule has 0 saturated carbocycles. The summed E-state index contributed by atoms with van der Waals surface area (Å²) >= 11 is 0. The first kappa shape index (κ1) is 24.7. The Bertz CT molecular complexity index is 1170. The SMILES string of the molecule is CCc1cccc(CC)c1-c1nc(CN(Cc2ccccc2)Cc2ccccc2)cc(OC)c1C. The summed E-state index contributed by atoms with van der Waals surface area (Å²) in [5.41, 5.74) is 9.72. The number of hydrogen-bond donors (Lipinski definition) is 0. The van der Waals surface area contributed by atoms with E-state index in [9.17, 15) is 0 Å². The van der Waals surface area contributed by atoms with Crippen molar-refractivity contribution in [1.29, 1.82) is 0 Å². The lowest BCUT2D eigenvalue weighted by Crippen LogP contribution is -2.23. The van der Waals surface area contributed by atoms with Crippen LogP contribution in [0.25, 0.3) is 11.3 Å². The van der Waals surface area contributed by atoms with Gasteiger partial charge in [0.2, 0.25) is 0 Å². The zero-order chi connectivity index (χ0) is 24.6. The molecule has 3 nitrogen and oxygen atoms in total. The van der Waals surface area contributed by atoms with Crippen LogP contribution in [0.3, 0.4) is 0 Å². The highest BCUT2D eigenvalue weighted by molar-refractivity contribution is 5.73. The van der Waals surface area contributed by atoms with Gasteiger partial charge in [0.15, 0.2) is 0 Å². The van der Waals surface area contributed by atoms with Gasteiger partial charge in [0.25, 0.3) is 0 Å². The molecule has 0 aliphatic rings. The highest BCUT2D eigenvalue weighted by Gasteiger charge is 2.18. The largest absolute Gasteiger partial charge is 0.496 e. The lowest BCUT2D eigenvalue weighted by atomic mass is 9.92. The Balaban J connectivity index is 1.75. The molecule has 0 fully saturated rings. The lowest BCUT2D eigenvalue weighted by molar-refractivity contribution is 0.244. The standard InChI is InChI=1S/C32H36N2O/c1-5-27-18-13-19-28(6-2)31(27)32-24(3)30(35-4)20-29(33-32)23-34(21-25-14-9-7-10-15-25)22-26-16-11-8-12-17-26/h7-20H,5-6,21-23H2,1-4H3. The second kappa shape index (κ2) is 11.8. The van der Waals surface area contributed by atoms with Crippen LogP contribution in [0, 0.1) is 6.92 Å². The average Bonchev–Trinajstić information content (AvgIpc) is 2.90. The van der Waals surface area contributed by atoms with Crippen molar-refractivity contribution < 1.29 is 4.74 Å². The van der Waals surface area contributed by atoms with E-state index in [0.29, 0.717) is 0 Å². The van der Waals surface area contributed by atoms with E-state index >= 15 is 0 Å². The maximum atomic E-state index is 5.85. The molecule has 3 aromatic carbocycles. The van der Waals surface area contributed by atoms with Crippen LogP contribution < -0.4 is 4.74 Å². The molecule has 0 N–H and O–H groups in total. The molecule has 3 heteroatoms. The number of nitrogens with zero attached hydrogens (tertiary/aromatic N) is 2. The van der Waals surface area contributed by atoms with Crippen molar-refractivity contribution in [3.05, 3.63) is 118 Å². The summed E-state index contributed by atoms with van der Waals surface area (Å²) in [4.78, 5) is 7.73. The van der Waals surface area contributed by atoms with Crippen LogP contribution in [0.1, 0.15) is 47.4 Å². The van der Waals surface area contributed by atoms with Crippen LogP contribution in [0.5, 0.6) is 5.75 Å². The number of ether oxygens (including phenoxy) is 1. The predicted octanol–water partition coefficient (Wildman–Crippen LogP) is 7.39. The van der Waals surface area contributed by atoms with Gasteiger partial charge in [-0.1, -0.05) is 92.7 Å². The van der Waals surface area contributed by atoms with E-state index in [0.717, 1.165) is 55.2 Å². The van der Waals surface area contributed by atoms with Gasteiger partial charge in [0.1, 0.15) is 5.75 Å². The molecule has 4 aromatic rings. The van der Waals surface area contributed by atoms with E-state index in [1.165, 1.54) is 27.8 Å². The Morgan fingerprint density at radius 3 is 1.74 bits per heavy atom. The van der Waals surface area contributed by atoms with Crippen LogP contribution in [0.4, 0.5) is 0 Å². The summed E-state index contributed by atoms with van der Waals surface area (Å²) < 4.78 is 5.85. The number of aromatic nitrogens is 1. The van der Waals surface area contributed by atoms with E-state index in [-0.39, 0.29) is 0 Å². The zero-order valence-electron chi connectivity index (χ0n) is 21.4. The third kappa shape index (κ3) is 5.98. The molecule has 0 bridgehead atoms. The third-order valence-electron chi connectivity index (χ3n) is 6.62. The smallest absolute Gasteiger partial charge is 0.125 e. The molecule has 1 heterocycles. The molecule has 0 saturated heterocycles. The Morgan fingerprint density at radius 1 is 0.714 bits per heavy atom. The van der Waals surface area contributed by atoms with E-state index in [1.807, 2.05) is 0 Å². The second-order valence-corrected chi connectivity index (χ2v) is 9.06. The third-order valence-corrected chi connectivity index (χ3v) is 6.62. The van der Waals surface area contributed by atoms with E-state index in [1.54, 1.807) is 7.11 Å². The lowest BCUT2D eigenvalue weighted by Gasteiger charge is -2.24. The van der Waals surface area contributed by atoms with Gasteiger partial charge in [0, 0.05) is 36.8 Å². The molecule has 4 rings (SSSR count). The van der Waals surface area contributed by atoms with Gasteiger partial charge < -0.3 is 4.74 Å². The molecule has 0 aliphatic heterocycles. The number of aryl methyl sites for hydroxylation is 2. The van der Waals surface area contributed by atoms with Crippen molar-refractivity contribution in [1.82, 2.24) is 9.88 Å². The van der Waals surface area contributed by atoms with Crippen molar-refractivity contribution in [3.8, 4) is 17.0 Å². The number of pyridine rings is 1. The number of methoxy groups -OCH3 is 1. The zero-order valence-corrected chi connectivity index (χ0v) is 21.4. The summed E-state index contributed by atoms with van der Waals surface area (Å²) in [6, 6.07) is 30.1. The van der Waals surface area contributed by atoms with Gasteiger partial charge in [-0.2, -0.15) is 0 Å². The first-order valence-electron chi connectivity index (χ1n) is 12.6. The molecule has 35 heavy (non-hydrogen) atoms. The summed E-state index contributed by atoms with van der Waals surface area (Å²) in [6.07, 6.45) is 1.95. The molecule has 180 valence electrons. The van der Waals surface area contributed by atoms with Crippen LogP contribution in [0.15, 0.2) is 84.9 Å². The fourth-order valence-corrected chi connectivity index (χ4v) is 4.80. The van der Waals surface area contributed by atoms with Gasteiger partial charge in [-0.25, -0.2) is 0 Å². The Labute approximate surface area is 210 Å². The fraction of sp³-hybridized carbons (Fsp3) is 0.281. The molecule has 0 aliphatic carbocycles. The minimum absolute atomic E-state index is 0.739. The van der Waals surface area contributed by atoms with E-state index in [4.69, 9.17) is 9.72 Å². The van der Waals surface area contributed by atoms with E-state index in [2.05, 4.69) is 111 Å². The van der Waals surface area contributed by atoms with Gasteiger partial charge >= 0.3 is 0 Å². The van der Waals surface area contributed by atoms with Crippen LogP contribution in [0.2, 0.25) is 0 Å². The molecule has 0 amide bonds. The van der Waals surface area contributed by atoms with Crippen LogP contribution in [-0.2, 0) is 32.5 Å². The van der Waals surface area contributed by atoms with Crippen molar-refractivity contribution >= 4 is 0 Å². The van der Waals surface area contributed by atoms with Crippen molar-refractivity contribution in [2.75, 3.05) is 7.11 Å². The minimum atomic E-state index is 0.739. The normalized spacial score (nSPS) is 11.1. The van der Waals surface area contributed by atoms with Gasteiger partial charge in [-0.3, -0.25) is 9.88 Å². The van der Waals surface area contributed by atoms with Crippen LogP contribution in [-0.4, -0.2) is 17.0 Å². The number of benzene rings is 3. The van der Waals surface area contributed by atoms with Crippen molar-refractivity contribution in [3.63, 3.8) is 0 Å². The first-order valence-corrected chi connectivity index (χ1v) is 12.6. The summed E-state index contributed by atoms with van der Waals surface area (Å²) in [5.74, 6) is 0.900. The van der Waals surface area contributed by atoms with Gasteiger partial charge in [0.05, 0.1) is 18.5 Å². The highest BCUT2D eigenvalue weighted by atomic mass is 16.5. The maximum absolute atomic E-state index is 5.85. The second-order valence-electron chi connectivity index (χ2n) is 9.06. The number of rotatable bonds is 10. The van der Waals surface area contributed by atoms with Crippen molar-refractivity contribution in [2.45, 2.75) is 53.2 Å². The molecule has 0 radical (unpaired) electrons. The van der Waals surface area contributed by atoms with Crippen LogP contribution >= 0.6 is 0 Å². The minimum Gasteiger partial charge on any atom is -0.496 e. The van der Waals surface area contributed by atoms with Crippen molar-refractivity contribution in [2.24, 2.45) is 0 Å².